The molecule has 1 saturated carbocycles. The van der Waals surface area contributed by atoms with E-state index < -0.39 is 83.6 Å². The molecule has 216 valence electrons. The van der Waals surface area contributed by atoms with Gasteiger partial charge in [-0.25, -0.2) is 27.4 Å². The zero-order valence-electron chi connectivity index (χ0n) is 16.4. The van der Waals surface area contributed by atoms with Gasteiger partial charge in [-0.1, -0.05) is 0 Å². The number of phosphoric acid groups is 6. The van der Waals surface area contributed by atoms with Crippen molar-refractivity contribution in [3.63, 3.8) is 0 Å². The lowest BCUT2D eigenvalue weighted by Gasteiger charge is -2.47. The lowest BCUT2D eigenvalue weighted by Crippen LogP contribution is -2.66. The average Bonchev–Trinajstić information content (AvgIpc) is 2.51. The largest absolute Gasteiger partial charge is 0.481 e. The molecule has 0 radical (unpaired) electrons. The topological polar surface area (TPSA) is 401 Å². The number of aliphatic hydroxyl groups is 1. The normalized spacial score (nSPS) is 30.7. The van der Waals surface area contributed by atoms with Crippen molar-refractivity contribution < 1.29 is 113 Å². The van der Waals surface area contributed by atoms with Gasteiger partial charge in [-0.3, -0.25) is 22.6 Å². The van der Waals surface area contributed by atoms with Crippen LogP contribution >= 0.6 is 46.9 Å². The van der Waals surface area contributed by atoms with Crippen LogP contribution in [0.25, 0.3) is 0 Å². The predicted octanol–water partition coefficient (Wildman–Crippen LogP) is -3.13. The Balaban J connectivity index is 3.83. The second-order valence-electron chi connectivity index (χ2n) is 6.34. The number of aliphatic hydroxyl groups excluding tert-OH is 1. The van der Waals surface area contributed by atoms with Gasteiger partial charge in [0.05, 0.1) is 0 Å². The Morgan fingerprint density at radius 2 is 0.639 bits per heavy atom. The maximum Gasteiger partial charge on any atom is 0.481 e. The predicted molar refractivity (Wildman–Crippen MR) is 102 cm³/mol. The van der Waals surface area contributed by atoms with E-state index in [9.17, 15) is 37.4 Å². The van der Waals surface area contributed by atoms with Crippen LogP contribution in [-0.2, 0) is 54.3 Å². The van der Waals surface area contributed by atoms with Crippen LogP contribution in [0.15, 0.2) is 0 Å². The van der Waals surface area contributed by atoms with Gasteiger partial charge in [-0.05, 0) is 0 Å². The number of phosphoric ester groups is 5. The standard InChI is InChI=1S/C6H18O24P6/c7-1-2(25-31(8,9)10)4(26-32(11,12)13)6(28-34(17,18)19)5(27-33(14,15)16)3(1)29-36(23,24)30-35(20,21)22/h1-7H,(H,23,24)(H2,8,9,10)(H2,11,12,13)(H2,14,15,16)(H2,17,18,19)(H2,20,21,22). The summed E-state index contributed by atoms with van der Waals surface area (Å²) in [5.41, 5.74) is 0. The minimum absolute atomic E-state index is 3.01. The van der Waals surface area contributed by atoms with Crippen LogP contribution in [0.2, 0.25) is 0 Å². The summed E-state index contributed by atoms with van der Waals surface area (Å²) < 4.78 is 92.1. The first kappa shape index (κ1) is 34.7. The molecule has 7 unspecified atom stereocenters. The molecule has 0 spiro atoms. The molecule has 0 aromatic rings. The summed E-state index contributed by atoms with van der Waals surface area (Å²) in [6.07, 6.45) is -18.4. The number of hydrogen-bond acceptors (Lipinski definition) is 13. The summed E-state index contributed by atoms with van der Waals surface area (Å²) in [6, 6.07) is 0. The van der Waals surface area contributed by atoms with Gasteiger partial charge in [0.25, 0.3) is 0 Å². The van der Waals surface area contributed by atoms with Gasteiger partial charge in [0.1, 0.15) is 36.6 Å². The van der Waals surface area contributed by atoms with Crippen molar-refractivity contribution in [3.8, 4) is 0 Å². The minimum Gasteiger partial charge on any atom is -0.387 e. The van der Waals surface area contributed by atoms with Crippen LogP contribution in [0, 0.1) is 0 Å². The SMILES string of the molecule is O=P(O)(O)OC1C(O)C(OP(=O)(O)OP(=O)(O)O)C(OP(=O)(O)O)C(OP(=O)(O)O)C1OP(=O)(O)O. The van der Waals surface area contributed by atoms with Crippen molar-refractivity contribution in [2.24, 2.45) is 0 Å². The third-order valence-corrected chi connectivity index (χ3v) is 7.73. The molecule has 30 heteroatoms. The summed E-state index contributed by atoms with van der Waals surface area (Å²) in [7, 11) is -35.9. The third-order valence-electron chi connectivity index (χ3n) is 3.47. The molecule has 1 fully saturated rings. The third kappa shape index (κ3) is 12.7. The minimum atomic E-state index is -6.19. The van der Waals surface area contributed by atoms with Crippen molar-refractivity contribution in [3.05, 3.63) is 0 Å². The van der Waals surface area contributed by atoms with Crippen molar-refractivity contribution >= 4 is 46.9 Å². The molecule has 0 saturated heterocycles. The van der Waals surface area contributed by atoms with Crippen LogP contribution in [0.5, 0.6) is 0 Å². The van der Waals surface area contributed by atoms with Crippen molar-refractivity contribution in [1.82, 2.24) is 0 Å². The van der Waals surface area contributed by atoms with E-state index in [0.717, 1.165) is 0 Å². The summed E-state index contributed by atoms with van der Waals surface area (Å²) in [4.78, 5) is 99.6. The highest BCUT2D eigenvalue weighted by Crippen LogP contribution is 2.61. The molecule has 12 N–H and O–H groups in total. The van der Waals surface area contributed by atoms with Gasteiger partial charge in [0, 0.05) is 0 Å². The van der Waals surface area contributed by atoms with Gasteiger partial charge in [-0.15, -0.1) is 0 Å². The highest BCUT2D eigenvalue weighted by atomic mass is 31.3. The molecule has 1 aliphatic carbocycles. The van der Waals surface area contributed by atoms with E-state index in [-0.39, 0.29) is 0 Å². The fraction of sp³-hybridized carbons (Fsp3) is 1.00. The van der Waals surface area contributed by atoms with Gasteiger partial charge < -0.3 is 58.9 Å². The molecule has 0 aromatic heterocycles. The molecular weight excluding hydrogens is 642 g/mol. The van der Waals surface area contributed by atoms with E-state index in [1.807, 2.05) is 0 Å². The highest BCUT2D eigenvalue weighted by Gasteiger charge is 2.61. The molecular formula is C6H18O24P6. The molecule has 0 aliphatic heterocycles. The first-order valence-corrected chi connectivity index (χ1v) is 17.2. The first-order chi connectivity index (χ1) is 15.6. The molecule has 0 amide bonds. The zero-order valence-corrected chi connectivity index (χ0v) is 21.8. The first-order valence-electron chi connectivity index (χ1n) is 8.01. The van der Waals surface area contributed by atoms with E-state index in [4.69, 9.17) is 48.9 Å². The second-order valence-corrected chi connectivity index (χ2v) is 13.9. The summed E-state index contributed by atoms with van der Waals surface area (Å²) in [5, 5.41) is 10.4. The van der Waals surface area contributed by atoms with E-state index >= 15 is 0 Å². The van der Waals surface area contributed by atoms with Crippen molar-refractivity contribution in [2.75, 3.05) is 0 Å². The quantitative estimate of drug-likeness (QED) is 0.0920. The molecule has 0 heterocycles. The Hall–Kier alpha value is 0.660. The van der Waals surface area contributed by atoms with Gasteiger partial charge in [0.2, 0.25) is 0 Å². The molecule has 0 bridgehead atoms. The average molecular weight is 660 g/mol. The van der Waals surface area contributed by atoms with E-state index in [0.29, 0.717) is 0 Å². The fourth-order valence-corrected chi connectivity index (χ4v) is 6.70. The zero-order chi connectivity index (χ0) is 28.7. The van der Waals surface area contributed by atoms with Crippen molar-refractivity contribution in [1.29, 1.82) is 0 Å². The molecule has 0 aromatic carbocycles. The van der Waals surface area contributed by atoms with Crippen molar-refractivity contribution in [2.45, 2.75) is 36.6 Å². The van der Waals surface area contributed by atoms with Crippen LogP contribution in [0.3, 0.4) is 0 Å². The van der Waals surface area contributed by atoms with Crippen LogP contribution < -0.4 is 0 Å². The lowest BCUT2D eigenvalue weighted by atomic mass is 9.85. The molecule has 36 heavy (non-hydrogen) atoms. The second kappa shape index (κ2) is 11.6. The van der Waals surface area contributed by atoms with Gasteiger partial charge in [0.15, 0.2) is 0 Å². The lowest BCUT2D eigenvalue weighted by molar-refractivity contribution is -0.205. The molecule has 24 nitrogen and oxygen atoms in total. The molecule has 1 aliphatic rings. The monoisotopic (exact) mass is 660 g/mol. The molecule has 1 rings (SSSR count). The Morgan fingerprint density at radius 3 is 0.917 bits per heavy atom. The van der Waals surface area contributed by atoms with E-state index in [1.165, 1.54) is 0 Å². The Bertz CT molecular complexity index is 1050. The Morgan fingerprint density at radius 1 is 0.389 bits per heavy atom. The maximum absolute atomic E-state index is 12.0. The van der Waals surface area contributed by atoms with E-state index in [1.54, 1.807) is 0 Å². The Labute approximate surface area is 197 Å². The Kier molecular flexibility index (Phi) is 11.2. The van der Waals surface area contributed by atoms with Crippen LogP contribution in [0.1, 0.15) is 0 Å². The van der Waals surface area contributed by atoms with Gasteiger partial charge >= 0.3 is 46.9 Å². The number of hydrogen-bond donors (Lipinski definition) is 12. The number of rotatable bonds is 12. The van der Waals surface area contributed by atoms with E-state index in [2.05, 4.69) is 26.9 Å². The maximum atomic E-state index is 12.0. The summed E-state index contributed by atoms with van der Waals surface area (Å²) in [6.45, 7) is 0. The van der Waals surface area contributed by atoms with Gasteiger partial charge in [-0.2, -0.15) is 4.31 Å². The fourth-order valence-electron chi connectivity index (χ4n) is 2.68. The smallest absolute Gasteiger partial charge is 0.387 e. The summed E-state index contributed by atoms with van der Waals surface area (Å²) in [5.74, 6) is 0. The van der Waals surface area contributed by atoms with Crippen LogP contribution in [-0.4, -0.2) is 95.6 Å². The summed E-state index contributed by atoms with van der Waals surface area (Å²) >= 11 is 0. The molecule has 7 atom stereocenters. The highest BCUT2D eigenvalue weighted by molar-refractivity contribution is 7.60. The van der Waals surface area contributed by atoms with Crippen LogP contribution in [0.4, 0.5) is 0 Å².